The molecule has 2 heterocycles. The van der Waals surface area contributed by atoms with Gasteiger partial charge < -0.3 is 10.7 Å². The van der Waals surface area contributed by atoms with Gasteiger partial charge in [0.1, 0.15) is 5.52 Å². The maximum Gasteiger partial charge on any atom is 0.233 e. The first-order valence-corrected chi connectivity index (χ1v) is 6.94. The Bertz CT molecular complexity index is 642. The van der Waals surface area contributed by atoms with Gasteiger partial charge in [0.25, 0.3) is 0 Å². The summed E-state index contributed by atoms with van der Waals surface area (Å²) in [7, 11) is 0. The number of aromatic nitrogens is 4. The van der Waals surface area contributed by atoms with Gasteiger partial charge in [0.15, 0.2) is 10.8 Å². The lowest BCUT2D eigenvalue weighted by Gasteiger charge is -2.25. The molecule has 2 unspecified atom stereocenters. The second-order valence-electron chi connectivity index (χ2n) is 5.05. The standard InChI is InChI=1S/C12H15ClN6O/c13-9-8-10(16-5-15-8)18-12(17-9)19-11(20)6-2-1-3-7(14)4-6/h5-7H,1-4,14H2,(H2,15,16,17,18,19,20). The molecule has 3 rings (SSSR count). The Labute approximate surface area is 120 Å². The van der Waals surface area contributed by atoms with Gasteiger partial charge in [-0.25, -0.2) is 4.98 Å². The van der Waals surface area contributed by atoms with Crippen LogP contribution in [-0.2, 0) is 4.79 Å². The lowest BCUT2D eigenvalue weighted by Crippen LogP contribution is -2.34. The van der Waals surface area contributed by atoms with Gasteiger partial charge in [-0.1, -0.05) is 18.0 Å². The summed E-state index contributed by atoms with van der Waals surface area (Å²) in [5.74, 6) is -0.0131. The normalized spacial score (nSPS) is 22.9. The molecule has 1 saturated carbocycles. The summed E-state index contributed by atoms with van der Waals surface area (Å²) >= 11 is 6.00. The van der Waals surface area contributed by atoms with Crippen molar-refractivity contribution in [2.24, 2.45) is 11.7 Å². The molecule has 2 aromatic rings. The number of carbonyl (C=O) groups is 1. The van der Waals surface area contributed by atoms with Crippen molar-refractivity contribution in [3.05, 3.63) is 11.5 Å². The number of nitrogens with zero attached hydrogens (tertiary/aromatic N) is 3. The Morgan fingerprint density at radius 2 is 2.30 bits per heavy atom. The van der Waals surface area contributed by atoms with Gasteiger partial charge in [0.2, 0.25) is 11.9 Å². The number of fused-ring (bicyclic) bond motifs is 1. The van der Waals surface area contributed by atoms with Gasteiger partial charge in [-0.15, -0.1) is 0 Å². The molecular formula is C12H15ClN6O. The van der Waals surface area contributed by atoms with E-state index in [9.17, 15) is 4.79 Å². The quantitative estimate of drug-likeness (QED) is 0.726. The third kappa shape index (κ3) is 2.59. The van der Waals surface area contributed by atoms with Crippen LogP contribution in [0.1, 0.15) is 25.7 Å². The van der Waals surface area contributed by atoms with Crippen LogP contribution >= 0.6 is 11.6 Å². The molecule has 2 aromatic heterocycles. The van der Waals surface area contributed by atoms with E-state index in [1.807, 2.05) is 0 Å². The number of hydrogen-bond acceptors (Lipinski definition) is 5. The number of halogens is 1. The summed E-state index contributed by atoms with van der Waals surface area (Å²) in [4.78, 5) is 27.2. The largest absolute Gasteiger partial charge is 0.341 e. The van der Waals surface area contributed by atoms with Crippen LogP contribution in [0.25, 0.3) is 11.2 Å². The SMILES string of the molecule is NC1CCCC(C(=O)Nc2nc(Cl)c3[nH]cnc3n2)C1. The Morgan fingerprint density at radius 3 is 3.10 bits per heavy atom. The van der Waals surface area contributed by atoms with Crippen LogP contribution < -0.4 is 11.1 Å². The minimum Gasteiger partial charge on any atom is -0.341 e. The van der Waals surface area contributed by atoms with Crippen molar-refractivity contribution in [1.82, 2.24) is 19.9 Å². The molecule has 106 valence electrons. The summed E-state index contributed by atoms with van der Waals surface area (Å²) in [6, 6.07) is 0.0952. The fourth-order valence-electron chi connectivity index (χ4n) is 2.53. The predicted molar refractivity (Wildman–Crippen MR) is 75.3 cm³/mol. The minimum absolute atomic E-state index is 0.0870. The van der Waals surface area contributed by atoms with E-state index >= 15 is 0 Å². The topological polar surface area (TPSA) is 110 Å². The van der Waals surface area contributed by atoms with Crippen molar-refractivity contribution >= 4 is 34.6 Å². The number of anilines is 1. The molecule has 1 aliphatic carbocycles. The van der Waals surface area contributed by atoms with Crippen molar-refractivity contribution in [2.45, 2.75) is 31.7 Å². The molecule has 8 heteroatoms. The molecule has 0 aromatic carbocycles. The van der Waals surface area contributed by atoms with Crippen LogP contribution in [0.2, 0.25) is 5.15 Å². The summed E-state index contributed by atoms with van der Waals surface area (Å²) in [5, 5.41) is 2.94. The summed E-state index contributed by atoms with van der Waals surface area (Å²) < 4.78 is 0. The highest BCUT2D eigenvalue weighted by Crippen LogP contribution is 2.25. The van der Waals surface area contributed by atoms with Crippen LogP contribution in [0, 0.1) is 5.92 Å². The molecule has 2 atom stereocenters. The van der Waals surface area contributed by atoms with Crippen molar-refractivity contribution in [3.63, 3.8) is 0 Å². The van der Waals surface area contributed by atoms with Crippen LogP contribution in [-0.4, -0.2) is 31.9 Å². The van der Waals surface area contributed by atoms with E-state index in [1.54, 1.807) is 0 Å². The Hall–Kier alpha value is -1.73. The second kappa shape index (κ2) is 5.34. The molecule has 1 fully saturated rings. The van der Waals surface area contributed by atoms with Crippen LogP contribution in [0.4, 0.5) is 5.95 Å². The highest BCUT2D eigenvalue weighted by atomic mass is 35.5. The Kier molecular flexibility index (Phi) is 3.54. The van der Waals surface area contributed by atoms with Crippen molar-refractivity contribution in [3.8, 4) is 0 Å². The number of hydrogen-bond donors (Lipinski definition) is 3. The molecule has 0 aliphatic heterocycles. The van der Waals surface area contributed by atoms with Crippen molar-refractivity contribution in [2.75, 3.05) is 5.32 Å². The first-order chi connectivity index (χ1) is 9.63. The van der Waals surface area contributed by atoms with Crippen LogP contribution in [0.15, 0.2) is 6.33 Å². The molecule has 20 heavy (non-hydrogen) atoms. The van der Waals surface area contributed by atoms with E-state index in [-0.39, 0.29) is 29.0 Å². The lowest BCUT2D eigenvalue weighted by molar-refractivity contribution is -0.120. The number of nitrogens with one attached hydrogen (secondary N) is 2. The van der Waals surface area contributed by atoms with Gasteiger partial charge in [0.05, 0.1) is 6.33 Å². The minimum atomic E-state index is -0.105. The second-order valence-corrected chi connectivity index (χ2v) is 5.41. The number of aromatic amines is 1. The molecule has 0 spiro atoms. The smallest absolute Gasteiger partial charge is 0.233 e. The average molecular weight is 295 g/mol. The molecule has 0 saturated heterocycles. The van der Waals surface area contributed by atoms with Gasteiger partial charge in [-0.2, -0.15) is 9.97 Å². The van der Waals surface area contributed by atoms with Gasteiger partial charge >= 0.3 is 0 Å². The molecule has 7 nitrogen and oxygen atoms in total. The average Bonchev–Trinajstić information content (AvgIpc) is 2.87. The van der Waals surface area contributed by atoms with E-state index in [4.69, 9.17) is 17.3 Å². The molecule has 1 amide bonds. The zero-order valence-electron chi connectivity index (χ0n) is 10.8. The zero-order chi connectivity index (χ0) is 14.1. The maximum atomic E-state index is 12.2. The van der Waals surface area contributed by atoms with Crippen molar-refractivity contribution < 1.29 is 4.79 Å². The lowest BCUT2D eigenvalue weighted by atomic mass is 9.85. The number of imidazole rings is 1. The van der Waals surface area contributed by atoms with Crippen LogP contribution in [0.5, 0.6) is 0 Å². The molecule has 4 N–H and O–H groups in total. The van der Waals surface area contributed by atoms with E-state index in [0.29, 0.717) is 17.6 Å². The molecule has 1 aliphatic rings. The number of amides is 1. The third-order valence-corrected chi connectivity index (χ3v) is 3.84. The van der Waals surface area contributed by atoms with Crippen molar-refractivity contribution in [1.29, 1.82) is 0 Å². The zero-order valence-corrected chi connectivity index (χ0v) is 11.5. The highest BCUT2D eigenvalue weighted by Gasteiger charge is 2.26. The summed E-state index contributed by atoms with van der Waals surface area (Å²) in [6.45, 7) is 0. The molecule has 0 bridgehead atoms. The van der Waals surface area contributed by atoms with E-state index < -0.39 is 0 Å². The number of nitrogens with two attached hydrogens (primary N) is 1. The number of rotatable bonds is 2. The predicted octanol–water partition coefficient (Wildman–Crippen LogP) is 1.46. The summed E-state index contributed by atoms with van der Waals surface area (Å²) in [5.41, 5.74) is 6.89. The maximum absolute atomic E-state index is 12.2. The first-order valence-electron chi connectivity index (χ1n) is 6.56. The monoisotopic (exact) mass is 294 g/mol. The van der Waals surface area contributed by atoms with Crippen LogP contribution in [0.3, 0.4) is 0 Å². The van der Waals surface area contributed by atoms with E-state index in [1.165, 1.54) is 6.33 Å². The van der Waals surface area contributed by atoms with E-state index in [2.05, 4.69) is 25.3 Å². The summed E-state index contributed by atoms with van der Waals surface area (Å²) in [6.07, 6.45) is 4.98. The molecular weight excluding hydrogens is 280 g/mol. The third-order valence-electron chi connectivity index (χ3n) is 3.56. The number of carbonyl (C=O) groups excluding carboxylic acids is 1. The van der Waals surface area contributed by atoms with E-state index in [0.717, 1.165) is 19.3 Å². The Balaban J connectivity index is 1.76. The van der Waals surface area contributed by atoms with Gasteiger partial charge in [-0.05, 0) is 19.3 Å². The Morgan fingerprint density at radius 1 is 1.45 bits per heavy atom. The van der Waals surface area contributed by atoms with Gasteiger partial charge in [0, 0.05) is 12.0 Å². The van der Waals surface area contributed by atoms with Gasteiger partial charge in [-0.3, -0.25) is 10.1 Å². The fraction of sp³-hybridized carbons (Fsp3) is 0.500. The molecule has 0 radical (unpaired) electrons. The first kappa shape index (κ1) is 13.3. The highest BCUT2D eigenvalue weighted by molar-refractivity contribution is 6.33. The number of H-pyrrole nitrogens is 1. The fourth-order valence-corrected chi connectivity index (χ4v) is 2.75.